The quantitative estimate of drug-likeness (QED) is 0.883. The summed E-state index contributed by atoms with van der Waals surface area (Å²) in [5.41, 5.74) is 1.08. The van der Waals surface area contributed by atoms with Crippen molar-refractivity contribution in [3.63, 3.8) is 0 Å². The van der Waals surface area contributed by atoms with E-state index in [-0.39, 0.29) is 23.9 Å². The van der Waals surface area contributed by atoms with E-state index in [4.69, 9.17) is 0 Å². The lowest BCUT2D eigenvalue weighted by atomic mass is 10.1. The largest absolute Gasteiger partial charge is 0.343 e. The number of hydrogen-bond acceptors (Lipinski definition) is 3. The van der Waals surface area contributed by atoms with Gasteiger partial charge in [0.2, 0.25) is 11.8 Å². The first-order valence-corrected chi connectivity index (χ1v) is 6.69. The molecule has 0 spiro atoms. The van der Waals surface area contributed by atoms with Crippen molar-refractivity contribution in [3.8, 4) is 0 Å². The van der Waals surface area contributed by atoms with Gasteiger partial charge in [-0.05, 0) is 35.7 Å². The molecule has 1 aromatic heterocycles. The first-order valence-electron chi connectivity index (χ1n) is 5.75. The fraction of sp³-hybridized carbons (Fsp3) is 0.500. The number of hydrogen-bond donors (Lipinski definition) is 1. The monoisotopic (exact) mass is 252 g/mol. The molecule has 1 fully saturated rings. The molecular weight excluding hydrogens is 236 g/mol. The van der Waals surface area contributed by atoms with Gasteiger partial charge in [-0.1, -0.05) is 6.92 Å². The maximum Gasteiger partial charge on any atom is 0.246 e. The van der Waals surface area contributed by atoms with E-state index in [0.29, 0.717) is 13.0 Å². The van der Waals surface area contributed by atoms with Crippen LogP contribution in [0.15, 0.2) is 16.8 Å². The Labute approximate surface area is 105 Å². The van der Waals surface area contributed by atoms with E-state index in [0.717, 1.165) is 5.56 Å². The van der Waals surface area contributed by atoms with Crippen LogP contribution in [-0.2, 0) is 16.1 Å². The van der Waals surface area contributed by atoms with E-state index in [1.54, 1.807) is 23.2 Å². The average Bonchev–Trinajstić information content (AvgIpc) is 2.82. The van der Waals surface area contributed by atoms with Gasteiger partial charge >= 0.3 is 0 Å². The molecule has 17 heavy (non-hydrogen) atoms. The lowest BCUT2D eigenvalue weighted by Gasteiger charge is -2.36. The summed E-state index contributed by atoms with van der Waals surface area (Å²) in [6.45, 7) is 4.19. The van der Waals surface area contributed by atoms with Crippen molar-refractivity contribution < 1.29 is 9.59 Å². The Morgan fingerprint density at radius 2 is 2.24 bits per heavy atom. The minimum absolute atomic E-state index is 0.0193. The Hall–Kier alpha value is -1.36. The van der Waals surface area contributed by atoms with Gasteiger partial charge in [-0.15, -0.1) is 0 Å². The van der Waals surface area contributed by atoms with Crippen LogP contribution in [-0.4, -0.2) is 28.8 Å². The molecule has 0 saturated carbocycles. The molecule has 2 rings (SSSR count). The first kappa shape index (κ1) is 12.1. The zero-order chi connectivity index (χ0) is 12.4. The summed E-state index contributed by atoms with van der Waals surface area (Å²) in [5.74, 6) is -0.0440. The number of carbonyl (C=O) groups is 2. The molecule has 1 aliphatic rings. The molecule has 0 aliphatic carbocycles. The summed E-state index contributed by atoms with van der Waals surface area (Å²) in [7, 11) is 0. The van der Waals surface area contributed by atoms with Crippen LogP contribution in [0.3, 0.4) is 0 Å². The third-order valence-electron chi connectivity index (χ3n) is 3.09. The normalized spacial score (nSPS) is 24.9. The lowest BCUT2D eigenvalue weighted by Crippen LogP contribution is -2.61. The summed E-state index contributed by atoms with van der Waals surface area (Å²) >= 11 is 1.60. The van der Waals surface area contributed by atoms with Gasteiger partial charge in [-0.2, -0.15) is 11.3 Å². The van der Waals surface area contributed by atoms with Gasteiger partial charge in [0, 0.05) is 6.54 Å². The van der Waals surface area contributed by atoms with E-state index < -0.39 is 0 Å². The average molecular weight is 252 g/mol. The van der Waals surface area contributed by atoms with Gasteiger partial charge in [0.25, 0.3) is 0 Å². The molecule has 0 radical (unpaired) electrons. The maximum atomic E-state index is 12.2. The number of thiophene rings is 1. The highest BCUT2D eigenvalue weighted by atomic mass is 32.1. The van der Waals surface area contributed by atoms with Gasteiger partial charge in [0.05, 0.1) is 0 Å². The molecule has 92 valence electrons. The molecule has 5 heteroatoms. The molecular formula is C12H16N2O2S. The second kappa shape index (κ2) is 4.87. The third kappa shape index (κ3) is 2.34. The smallest absolute Gasteiger partial charge is 0.246 e. The number of carbonyl (C=O) groups excluding carboxylic acids is 2. The van der Waals surface area contributed by atoms with Gasteiger partial charge in [0.1, 0.15) is 12.1 Å². The minimum Gasteiger partial charge on any atom is -0.343 e. The van der Waals surface area contributed by atoms with E-state index in [9.17, 15) is 9.59 Å². The zero-order valence-corrected chi connectivity index (χ0v) is 10.8. The number of piperazine rings is 1. The highest BCUT2D eigenvalue weighted by Gasteiger charge is 2.36. The summed E-state index contributed by atoms with van der Waals surface area (Å²) in [6.07, 6.45) is 0.636. The van der Waals surface area contributed by atoms with Crippen molar-refractivity contribution >= 4 is 23.2 Å². The lowest BCUT2D eigenvalue weighted by molar-refractivity contribution is -0.149. The Balaban J connectivity index is 2.17. The predicted molar refractivity (Wildman–Crippen MR) is 66.6 cm³/mol. The SMILES string of the molecule is CCC1NC(=O)C(C)N(Cc2ccsc2)C1=O. The van der Waals surface area contributed by atoms with E-state index in [1.165, 1.54) is 0 Å². The van der Waals surface area contributed by atoms with E-state index in [1.807, 2.05) is 23.8 Å². The summed E-state index contributed by atoms with van der Waals surface area (Å²) in [6, 6.07) is 1.24. The molecule has 1 N–H and O–H groups in total. The topological polar surface area (TPSA) is 49.4 Å². The van der Waals surface area contributed by atoms with Crippen LogP contribution in [0.25, 0.3) is 0 Å². The number of rotatable bonds is 3. The Morgan fingerprint density at radius 1 is 1.47 bits per heavy atom. The predicted octanol–water partition coefficient (Wildman–Crippen LogP) is 1.37. The minimum atomic E-state index is -0.384. The van der Waals surface area contributed by atoms with Gasteiger partial charge in [0.15, 0.2) is 0 Å². The van der Waals surface area contributed by atoms with Crippen molar-refractivity contribution in [1.82, 2.24) is 10.2 Å². The van der Waals surface area contributed by atoms with Crippen molar-refractivity contribution in [2.45, 2.75) is 38.9 Å². The van der Waals surface area contributed by atoms with E-state index >= 15 is 0 Å². The Morgan fingerprint density at radius 3 is 2.82 bits per heavy atom. The molecule has 2 unspecified atom stereocenters. The zero-order valence-electron chi connectivity index (χ0n) is 9.97. The highest BCUT2D eigenvalue weighted by Crippen LogP contribution is 2.17. The number of nitrogens with one attached hydrogen (secondary N) is 1. The van der Waals surface area contributed by atoms with Gasteiger partial charge in [-0.3, -0.25) is 9.59 Å². The second-order valence-electron chi connectivity index (χ2n) is 4.24. The molecule has 1 aliphatic heterocycles. The molecule has 2 amide bonds. The van der Waals surface area contributed by atoms with Crippen LogP contribution in [0.4, 0.5) is 0 Å². The van der Waals surface area contributed by atoms with Crippen molar-refractivity contribution in [1.29, 1.82) is 0 Å². The molecule has 2 atom stereocenters. The molecule has 0 aromatic carbocycles. The Kier molecular flexibility index (Phi) is 3.47. The number of nitrogens with zero attached hydrogens (tertiary/aromatic N) is 1. The van der Waals surface area contributed by atoms with Crippen LogP contribution in [0.1, 0.15) is 25.8 Å². The first-order chi connectivity index (χ1) is 8.13. The molecule has 4 nitrogen and oxygen atoms in total. The van der Waals surface area contributed by atoms with E-state index in [2.05, 4.69) is 5.32 Å². The standard InChI is InChI=1S/C12H16N2O2S/c1-3-10-12(16)14(8(2)11(15)13-10)6-9-4-5-17-7-9/h4-5,7-8,10H,3,6H2,1-2H3,(H,13,15). The maximum absolute atomic E-state index is 12.2. The summed E-state index contributed by atoms with van der Waals surface area (Å²) in [5, 5.41) is 6.73. The van der Waals surface area contributed by atoms with Crippen LogP contribution in [0.5, 0.6) is 0 Å². The molecule has 2 heterocycles. The van der Waals surface area contributed by atoms with Gasteiger partial charge in [-0.25, -0.2) is 0 Å². The number of amides is 2. The Bertz CT molecular complexity index is 416. The molecule has 1 aromatic rings. The second-order valence-corrected chi connectivity index (χ2v) is 5.02. The van der Waals surface area contributed by atoms with Crippen molar-refractivity contribution in [2.24, 2.45) is 0 Å². The van der Waals surface area contributed by atoms with Crippen LogP contribution in [0.2, 0.25) is 0 Å². The molecule has 1 saturated heterocycles. The van der Waals surface area contributed by atoms with Crippen molar-refractivity contribution in [3.05, 3.63) is 22.4 Å². The third-order valence-corrected chi connectivity index (χ3v) is 3.82. The fourth-order valence-corrected chi connectivity index (χ4v) is 2.62. The fourth-order valence-electron chi connectivity index (χ4n) is 1.96. The van der Waals surface area contributed by atoms with Crippen LogP contribution >= 0.6 is 11.3 Å². The van der Waals surface area contributed by atoms with Gasteiger partial charge < -0.3 is 10.2 Å². The summed E-state index contributed by atoms with van der Waals surface area (Å²) < 4.78 is 0. The van der Waals surface area contributed by atoms with Crippen molar-refractivity contribution in [2.75, 3.05) is 0 Å². The highest BCUT2D eigenvalue weighted by molar-refractivity contribution is 7.07. The van der Waals surface area contributed by atoms with Crippen LogP contribution in [0, 0.1) is 0 Å². The molecule has 0 bridgehead atoms. The van der Waals surface area contributed by atoms with Crippen LogP contribution < -0.4 is 5.32 Å². The summed E-state index contributed by atoms with van der Waals surface area (Å²) in [4.78, 5) is 25.6.